The van der Waals surface area contributed by atoms with Crippen molar-refractivity contribution in [1.82, 2.24) is 0 Å². The summed E-state index contributed by atoms with van der Waals surface area (Å²) in [6.45, 7) is 1.67. The first-order valence-electron chi connectivity index (χ1n) is 6.14. The van der Waals surface area contributed by atoms with Gasteiger partial charge in [0.1, 0.15) is 6.79 Å². The van der Waals surface area contributed by atoms with Gasteiger partial charge in [0.15, 0.2) is 5.79 Å². The molecule has 1 rings (SSSR count). The molecule has 2 N–H and O–H groups in total. The first-order valence-corrected chi connectivity index (χ1v) is 6.52. The van der Waals surface area contributed by atoms with Crippen molar-refractivity contribution in [3.05, 3.63) is 34.9 Å². The maximum Gasteiger partial charge on any atom is 0.226 e. The predicted octanol–water partition coefficient (Wildman–Crippen LogP) is 1.97. The molecule has 0 aromatic heterocycles. The lowest BCUT2D eigenvalue weighted by atomic mass is 9.91. The van der Waals surface area contributed by atoms with Crippen molar-refractivity contribution in [2.75, 3.05) is 21.0 Å². The number of primary amides is 1. The number of carbonyl (C=O) groups is 1. The molecule has 5 nitrogen and oxygen atoms in total. The largest absolute Gasteiger partial charge is 0.369 e. The van der Waals surface area contributed by atoms with Crippen LogP contribution in [0.5, 0.6) is 0 Å². The van der Waals surface area contributed by atoms with Gasteiger partial charge in [-0.25, -0.2) is 0 Å². The van der Waals surface area contributed by atoms with Gasteiger partial charge in [0, 0.05) is 19.2 Å². The van der Waals surface area contributed by atoms with Gasteiger partial charge < -0.3 is 19.9 Å². The first kappa shape index (κ1) is 16.9. The zero-order valence-electron chi connectivity index (χ0n) is 11.9. The topological polar surface area (TPSA) is 70.8 Å². The molecule has 0 saturated carbocycles. The van der Waals surface area contributed by atoms with Crippen LogP contribution in [0, 0.1) is 5.92 Å². The lowest BCUT2D eigenvalue weighted by Gasteiger charge is -2.34. The number of hydrogen-bond donors (Lipinski definition) is 1. The summed E-state index contributed by atoms with van der Waals surface area (Å²) in [5.74, 6) is -2.30. The molecule has 20 heavy (non-hydrogen) atoms. The van der Waals surface area contributed by atoms with Crippen LogP contribution >= 0.6 is 11.6 Å². The van der Waals surface area contributed by atoms with Crippen LogP contribution in [0.1, 0.15) is 12.5 Å². The first-order chi connectivity index (χ1) is 9.42. The Hall–Kier alpha value is -1.14. The fourth-order valence-corrected chi connectivity index (χ4v) is 2.00. The predicted molar refractivity (Wildman–Crippen MR) is 76.2 cm³/mol. The Kier molecular flexibility index (Phi) is 6.42. The number of methoxy groups -OCH3 is 2. The van der Waals surface area contributed by atoms with Gasteiger partial charge in [-0.15, -0.1) is 0 Å². The van der Waals surface area contributed by atoms with Gasteiger partial charge in [-0.3, -0.25) is 4.79 Å². The molecule has 2 atom stereocenters. The second-order valence-electron chi connectivity index (χ2n) is 4.56. The van der Waals surface area contributed by atoms with Crippen LogP contribution in [0.25, 0.3) is 0 Å². The van der Waals surface area contributed by atoms with Crippen LogP contribution in [0.4, 0.5) is 0 Å². The van der Waals surface area contributed by atoms with Crippen LogP contribution in [-0.4, -0.2) is 32.7 Å². The highest BCUT2D eigenvalue weighted by atomic mass is 35.5. The van der Waals surface area contributed by atoms with Crippen LogP contribution in [0.3, 0.4) is 0 Å². The van der Waals surface area contributed by atoms with E-state index in [-0.39, 0.29) is 6.79 Å². The molecule has 0 aliphatic heterocycles. The summed E-state index contributed by atoms with van der Waals surface area (Å²) in [5.41, 5.74) is 6.40. The van der Waals surface area contributed by atoms with Crippen molar-refractivity contribution in [3.8, 4) is 0 Å². The van der Waals surface area contributed by atoms with Crippen LogP contribution < -0.4 is 5.73 Å². The van der Waals surface area contributed by atoms with E-state index in [0.717, 1.165) is 5.56 Å². The van der Waals surface area contributed by atoms with Crippen molar-refractivity contribution >= 4 is 17.5 Å². The van der Waals surface area contributed by atoms with Gasteiger partial charge in [0.2, 0.25) is 5.91 Å². The van der Waals surface area contributed by atoms with E-state index in [4.69, 9.17) is 31.5 Å². The molecule has 0 spiro atoms. The molecule has 112 valence electrons. The third-order valence-corrected chi connectivity index (χ3v) is 3.45. The lowest BCUT2D eigenvalue weighted by Crippen LogP contribution is -2.48. The average Bonchev–Trinajstić information content (AvgIpc) is 2.43. The van der Waals surface area contributed by atoms with Crippen LogP contribution in [-0.2, 0) is 25.4 Å². The number of benzene rings is 1. The van der Waals surface area contributed by atoms with Gasteiger partial charge in [0.05, 0.1) is 5.92 Å². The number of amides is 1. The average molecular weight is 302 g/mol. The van der Waals surface area contributed by atoms with Crippen molar-refractivity contribution in [3.63, 3.8) is 0 Å². The number of ether oxygens (including phenoxy) is 3. The van der Waals surface area contributed by atoms with Crippen molar-refractivity contribution in [2.45, 2.75) is 19.1 Å². The molecule has 1 aromatic rings. The fourth-order valence-electron chi connectivity index (χ4n) is 1.88. The van der Waals surface area contributed by atoms with Gasteiger partial charge in [-0.05, 0) is 31.0 Å². The molecule has 0 fully saturated rings. The third-order valence-electron chi connectivity index (χ3n) is 3.20. The highest BCUT2D eigenvalue weighted by Crippen LogP contribution is 2.27. The normalized spacial score (nSPS) is 15.6. The highest BCUT2D eigenvalue weighted by Gasteiger charge is 2.39. The Morgan fingerprint density at radius 3 is 2.40 bits per heavy atom. The zero-order valence-corrected chi connectivity index (χ0v) is 12.6. The van der Waals surface area contributed by atoms with E-state index in [0.29, 0.717) is 11.4 Å². The summed E-state index contributed by atoms with van der Waals surface area (Å²) >= 11 is 5.84. The Bertz CT molecular complexity index is 437. The molecular weight excluding hydrogens is 282 g/mol. The molecule has 0 bridgehead atoms. The lowest BCUT2D eigenvalue weighted by molar-refractivity contribution is -0.268. The van der Waals surface area contributed by atoms with E-state index in [1.54, 1.807) is 19.1 Å². The summed E-state index contributed by atoms with van der Waals surface area (Å²) in [5, 5.41) is 0.634. The van der Waals surface area contributed by atoms with Crippen molar-refractivity contribution < 1.29 is 19.0 Å². The van der Waals surface area contributed by atoms with Crippen molar-refractivity contribution in [2.24, 2.45) is 11.7 Å². The van der Waals surface area contributed by atoms with Crippen molar-refractivity contribution in [1.29, 1.82) is 0 Å². The Morgan fingerprint density at radius 2 is 1.95 bits per heavy atom. The van der Waals surface area contributed by atoms with Gasteiger partial charge in [0.25, 0.3) is 0 Å². The van der Waals surface area contributed by atoms with E-state index in [1.165, 1.54) is 14.2 Å². The quantitative estimate of drug-likeness (QED) is 0.745. The second kappa shape index (κ2) is 7.59. The molecule has 0 saturated heterocycles. The summed E-state index contributed by atoms with van der Waals surface area (Å²) in [4.78, 5) is 11.7. The minimum absolute atomic E-state index is 0.00867. The Labute approximate surface area is 123 Å². The Morgan fingerprint density at radius 1 is 1.35 bits per heavy atom. The number of hydrogen-bond acceptors (Lipinski definition) is 4. The summed E-state index contributed by atoms with van der Waals surface area (Å²) in [6, 6.07) is 7.19. The van der Waals surface area contributed by atoms with Gasteiger partial charge in [-0.2, -0.15) is 0 Å². The van der Waals surface area contributed by atoms with Gasteiger partial charge >= 0.3 is 0 Å². The number of nitrogens with two attached hydrogens (primary N) is 1. The molecule has 0 aliphatic carbocycles. The Balaban J connectivity index is 2.91. The van der Waals surface area contributed by atoms with Gasteiger partial charge in [-0.1, -0.05) is 23.7 Å². The standard InChI is InChI=1S/C14H20ClNO4/c1-14(19-3,20-9-18-2)12(13(16)17)8-10-4-6-11(15)7-5-10/h4-7,12H,8-9H2,1-3H3,(H2,16,17). The van der Waals surface area contributed by atoms with E-state index >= 15 is 0 Å². The molecule has 1 amide bonds. The molecule has 1 aromatic carbocycles. The molecule has 0 heterocycles. The maximum atomic E-state index is 11.7. The SMILES string of the molecule is COCOC(C)(OC)C(Cc1ccc(Cl)cc1)C(N)=O. The molecule has 0 aliphatic rings. The summed E-state index contributed by atoms with van der Waals surface area (Å²) in [6.07, 6.45) is 0.389. The monoisotopic (exact) mass is 301 g/mol. The molecule has 2 unspecified atom stereocenters. The highest BCUT2D eigenvalue weighted by molar-refractivity contribution is 6.30. The molecule has 0 radical (unpaired) electrons. The zero-order chi connectivity index (χ0) is 15.2. The molecule has 6 heteroatoms. The number of halogens is 1. The second-order valence-corrected chi connectivity index (χ2v) is 4.99. The maximum absolute atomic E-state index is 11.7. The molecular formula is C14H20ClNO4. The van der Waals surface area contributed by atoms with Crippen LogP contribution in [0.15, 0.2) is 24.3 Å². The van der Waals surface area contributed by atoms with E-state index in [9.17, 15) is 4.79 Å². The smallest absolute Gasteiger partial charge is 0.226 e. The summed E-state index contributed by atoms with van der Waals surface area (Å²) < 4.78 is 15.7. The summed E-state index contributed by atoms with van der Waals surface area (Å²) in [7, 11) is 2.96. The number of rotatable bonds is 8. The fraction of sp³-hybridized carbons (Fsp3) is 0.500. The van der Waals surface area contributed by atoms with E-state index < -0.39 is 17.6 Å². The van der Waals surface area contributed by atoms with E-state index in [2.05, 4.69) is 0 Å². The number of carbonyl (C=O) groups excluding carboxylic acids is 1. The minimum atomic E-state index is -1.15. The minimum Gasteiger partial charge on any atom is -0.369 e. The van der Waals surface area contributed by atoms with Crippen LogP contribution in [0.2, 0.25) is 5.02 Å². The van der Waals surface area contributed by atoms with E-state index in [1.807, 2.05) is 12.1 Å². The third kappa shape index (κ3) is 4.45.